The number of furan rings is 1. The summed E-state index contributed by atoms with van der Waals surface area (Å²) in [6.45, 7) is 0.193. The van der Waals surface area contributed by atoms with E-state index >= 15 is 0 Å². The molecule has 0 bridgehead atoms. The Kier molecular flexibility index (Phi) is 3.68. The first-order valence-corrected chi connectivity index (χ1v) is 6.26. The van der Waals surface area contributed by atoms with E-state index < -0.39 is 0 Å². The van der Waals surface area contributed by atoms with Crippen LogP contribution in [0.4, 0.5) is 0 Å². The van der Waals surface area contributed by atoms with Gasteiger partial charge in [0.15, 0.2) is 11.5 Å². The number of carbonyl (C=O) groups excluding carboxylic acids is 1. The van der Waals surface area contributed by atoms with Crippen LogP contribution in [0.5, 0.6) is 11.5 Å². The zero-order valence-electron chi connectivity index (χ0n) is 11.0. The van der Waals surface area contributed by atoms with E-state index in [0.29, 0.717) is 17.3 Å². The Morgan fingerprint density at radius 1 is 1.24 bits per heavy atom. The number of rotatable bonds is 4. The van der Waals surface area contributed by atoms with Crippen molar-refractivity contribution in [3.63, 3.8) is 0 Å². The number of nitrogens with one attached hydrogen (secondary N) is 1. The van der Waals surface area contributed by atoms with Crippen molar-refractivity contribution >= 4 is 18.2 Å². The summed E-state index contributed by atoms with van der Waals surface area (Å²) in [4.78, 5) is 11.6. The van der Waals surface area contributed by atoms with Gasteiger partial charge in [0, 0.05) is 11.6 Å². The second-order valence-corrected chi connectivity index (χ2v) is 4.16. The van der Waals surface area contributed by atoms with Crippen LogP contribution in [-0.4, -0.2) is 18.9 Å². The first-order chi connectivity index (χ1) is 10.3. The van der Waals surface area contributed by atoms with Crippen LogP contribution in [0.1, 0.15) is 11.3 Å². The average Bonchev–Trinajstić information content (AvgIpc) is 3.16. The largest absolute Gasteiger partial charge is 0.465 e. The van der Waals surface area contributed by atoms with Crippen molar-refractivity contribution in [3.8, 4) is 11.5 Å². The maximum atomic E-state index is 11.6. The molecule has 0 saturated heterocycles. The van der Waals surface area contributed by atoms with Crippen molar-refractivity contribution in [2.24, 2.45) is 5.10 Å². The number of carbonyl (C=O) groups is 1. The van der Waals surface area contributed by atoms with E-state index in [2.05, 4.69) is 10.5 Å². The van der Waals surface area contributed by atoms with Crippen molar-refractivity contribution < 1.29 is 18.7 Å². The van der Waals surface area contributed by atoms with Crippen molar-refractivity contribution in [2.75, 3.05) is 6.79 Å². The summed E-state index contributed by atoms with van der Waals surface area (Å²) in [5, 5.41) is 3.88. The van der Waals surface area contributed by atoms with E-state index in [9.17, 15) is 4.79 Å². The van der Waals surface area contributed by atoms with Crippen LogP contribution in [0.2, 0.25) is 0 Å². The first kappa shape index (κ1) is 13.0. The molecule has 106 valence electrons. The molecule has 0 saturated carbocycles. The molecule has 0 unspecified atom stereocenters. The van der Waals surface area contributed by atoms with Crippen LogP contribution in [-0.2, 0) is 4.79 Å². The number of benzene rings is 1. The zero-order valence-corrected chi connectivity index (χ0v) is 11.0. The fourth-order valence-corrected chi connectivity index (χ4v) is 1.80. The predicted octanol–water partition coefficient (Wildman–Crippen LogP) is 2.17. The Morgan fingerprint density at radius 3 is 3.05 bits per heavy atom. The maximum Gasteiger partial charge on any atom is 0.264 e. The number of fused-ring (bicyclic) bond motifs is 1. The van der Waals surface area contributed by atoms with Gasteiger partial charge in [-0.2, -0.15) is 5.10 Å². The molecule has 1 N–H and O–H groups in total. The second-order valence-electron chi connectivity index (χ2n) is 4.16. The van der Waals surface area contributed by atoms with E-state index in [4.69, 9.17) is 13.9 Å². The molecule has 0 aliphatic carbocycles. The summed E-state index contributed by atoms with van der Waals surface area (Å²) >= 11 is 0. The summed E-state index contributed by atoms with van der Waals surface area (Å²) in [7, 11) is 0. The highest BCUT2D eigenvalue weighted by Gasteiger charge is 2.15. The first-order valence-electron chi connectivity index (χ1n) is 6.26. The van der Waals surface area contributed by atoms with Gasteiger partial charge in [0.25, 0.3) is 5.91 Å². The number of hydrogen-bond acceptors (Lipinski definition) is 5. The summed E-state index contributed by atoms with van der Waals surface area (Å²) in [6.07, 6.45) is 5.94. The number of ether oxygens (including phenoxy) is 2. The van der Waals surface area contributed by atoms with Gasteiger partial charge in [0.05, 0.1) is 12.5 Å². The number of nitrogens with zero attached hydrogens (tertiary/aromatic N) is 1. The van der Waals surface area contributed by atoms with Crippen molar-refractivity contribution in [3.05, 3.63) is 54.0 Å². The normalized spacial score (nSPS) is 13.1. The average molecular weight is 284 g/mol. The summed E-state index contributed by atoms with van der Waals surface area (Å²) in [6, 6.07) is 8.95. The molecule has 2 aromatic rings. The topological polar surface area (TPSA) is 73.1 Å². The molecule has 1 aromatic carbocycles. The molecule has 1 aliphatic rings. The lowest BCUT2D eigenvalue weighted by Gasteiger charge is -1.99. The van der Waals surface area contributed by atoms with Gasteiger partial charge in [-0.05, 0) is 30.3 Å². The van der Waals surface area contributed by atoms with Gasteiger partial charge in [-0.25, -0.2) is 5.43 Å². The molecule has 1 aliphatic heterocycles. The van der Waals surface area contributed by atoms with E-state index in [1.807, 2.05) is 18.2 Å². The van der Waals surface area contributed by atoms with Gasteiger partial charge in [-0.1, -0.05) is 6.07 Å². The Morgan fingerprint density at radius 2 is 2.19 bits per heavy atom. The summed E-state index contributed by atoms with van der Waals surface area (Å²) in [5.74, 6) is 1.54. The van der Waals surface area contributed by atoms with Gasteiger partial charge in [0.1, 0.15) is 5.76 Å². The number of hydrogen-bond donors (Lipinski definition) is 1. The number of amides is 1. The van der Waals surface area contributed by atoms with E-state index in [0.717, 1.165) is 5.56 Å². The Labute approximate surface area is 120 Å². The molecule has 2 heterocycles. The van der Waals surface area contributed by atoms with Crippen LogP contribution in [0, 0.1) is 0 Å². The highest BCUT2D eigenvalue weighted by atomic mass is 16.7. The highest BCUT2D eigenvalue weighted by molar-refractivity contribution is 5.92. The highest BCUT2D eigenvalue weighted by Crippen LogP contribution is 2.34. The minimum absolute atomic E-state index is 0.193. The Bertz CT molecular complexity index is 690. The van der Waals surface area contributed by atoms with Crippen LogP contribution in [0.25, 0.3) is 6.08 Å². The molecule has 1 amide bonds. The van der Waals surface area contributed by atoms with Gasteiger partial charge >= 0.3 is 0 Å². The van der Waals surface area contributed by atoms with Crippen LogP contribution >= 0.6 is 0 Å². The fourth-order valence-electron chi connectivity index (χ4n) is 1.80. The minimum atomic E-state index is -0.354. The molecule has 0 fully saturated rings. The standard InChI is InChI=1S/C15H12N2O4/c18-14(7-6-12-4-2-8-19-12)17-16-9-11-3-1-5-13-15(11)21-10-20-13/h1-9H,10H2,(H,17,18)/b7-6+,16-9+. The third kappa shape index (κ3) is 3.11. The lowest BCUT2D eigenvalue weighted by molar-refractivity contribution is -0.116. The van der Waals surface area contributed by atoms with Gasteiger partial charge < -0.3 is 13.9 Å². The van der Waals surface area contributed by atoms with Gasteiger partial charge in [-0.15, -0.1) is 0 Å². The zero-order chi connectivity index (χ0) is 14.5. The third-order valence-electron chi connectivity index (χ3n) is 2.75. The fraction of sp³-hybridized carbons (Fsp3) is 0.0667. The quantitative estimate of drug-likeness (QED) is 0.530. The van der Waals surface area contributed by atoms with Crippen LogP contribution in [0.15, 0.2) is 52.2 Å². The summed E-state index contributed by atoms with van der Waals surface area (Å²) < 4.78 is 15.7. The molecule has 0 spiro atoms. The number of hydrazone groups is 1. The molecule has 1 aromatic heterocycles. The smallest absolute Gasteiger partial charge is 0.264 e. The lowest BCUT2D eigenvalue weighted by Crippen LogP contribution is -2.14. The SMILES string of the molecule is O=C(/C=C/c1ccco1)N/N=C/c1cccc2c1OCO2. The molecule has 6 nitrogen and oxygen atoms in total. The molecule has 6 heteroatoms. The van der Waals surface area contributed by atoms with Crippen LogP contribution < -0.4 is 14.9 Å². The Hall–Kier alpha value is -3.02. The minimum Gasteiger partial charge on any atom is -0.465 e. The molecule has 21 heavy (non-hydrogen) atoms. The lowest BCUT2D eigenvalue weighted by atomic mass is 10.2. The third-order valence-corrected chi connectivity index (χ3v) is 2.75. The summed E-state index contributed by atoms with van der Waals surface area (Å²) in [5.41, 5.74) is 3.13. The van der Waals surface area contributed by atoms with Gasteiger partial charge in [-0.3, -0.25) is 4.79 Å². The molecule has 3 rings (SSSR count). The molecule has 0 atom stereocenters. The van der Waals surface area contributed by atoms with Crippen molar-refractivity contribution in [2.45, 2.75) is 0 Å². The Balaban J connectivity index is 1.60. The van der Waals surface area contributed by atoms with Crippen LogP contribution in [0.3, 0.4) is 0 Å². The predicted molar refractivity (Wildman–Crippen MR) is 76.0 cm³/mol. The molecule has 0 radical (unpaired) electrons. The van der Waals surface area contributed by atoms with Gasteiger partial charge in [0.2, 0.25) is 6.79 Å². The monoisotopic (exact) mass is 284 g/mol. The van der Waals surface area contributed by atoms with Crippen molar-refractivity contribution in [1.82, 2.24) is 5.43 Å². The number of para-hydroxylation sites is 1. The molecular weight excluding hydrogens is 272 g/mol. The van der Waals surface area contributed by atoms with E-state index in [1.54, 1.807) is 18.2 Å². The van der Waals surface area contributed by atoms with Crippen molar-refractivity contribution in [1.29, 1.82) is 0 Å². The maximum absolute atomic E-state index is 11.6. The van der Waals surface area contributed by atoms with E-state index in [1.165, 1.54) is 18.6 Å². The second kappa shape index (κ2) is 5.96. The van der Waals surface area contributed by atoms with E-state index in [-0.39, 0.29) is 12.7 Å². The molecular formula is C15H12N2O4.